The molecule has 0 saturated heterocycles. The molecule has 73 heavy (non-hydrogen) atoms. The Kier molecular flexibility index (Phi) is 58.3. The van der Waals surface area contributed by atoms with Crippen LogP contribution >= 0.6 is 0 Å². The molecular formula is C67H116O6. The van der Waals surface area contributed by atoms with Crippen LogP contribution in [0.25, 0.3) is 0 Å². The maximum Gasteiger partial charge on any atom is 0.306 e. The van der Waals surface area contributed by atoms with Crippen molar-refractivity contribution in [2.24, 2.45) is 0 Å². The van der Waals surface area contributed by atoms with Crippen LogP contribution in [0.1, 0.15) is 303 Å². The van der Waals surface area contributed by atoms with Crippen LogP contribution < -0.4 is 0 Å². The minimum absolute atomic E-state index is 0.0811. The molecule has 1 unspecified atom stereocenters. The van der Waals surface area contributed by atoms with E-state index in [0.717, 1.165) is 109 Å². The predicted octanol–water partition coefficient (Wildman–Crippen LogP) is 21.1. The molecule has 0 aliphatic heterocycles. The summed E-state index contributed by atoms with van der Waals surface area (Å²) in [6.45, 7) is 6.50. The van der Waals surface area contributed by atoms with Crippen molar-refractivity contribution < 1.29 is 28.6 Å². The fraction of sp³-hybridized carbons (Fsp3) is 0.746. The Morgan fingerprint density at radius 1 is 0.288 bits per heavy atom. The van der Waals surface area contributed by atoms with Crippen molar-refractivity contribution >= 4 is 17.9 Å². The summed E-state index contributed by atoms with van der Waals surface area (Å²) in [7, 11) is 0. The van der Waals surface area contributed by atoms with Gasteiger partial charge in [-0.2, -0.15) is 0 Å². The van der Waals surface area contributed by atoms with Gasteiger partial charge in [0, 0.05) is 19.3 Å². The molecule has 0 aromatic heterocycles. The maximum absolute atomic E-state index is 12.8. The van der Waals surface area contributed by atoms with Crippen molar-refractivity contribution in [1.82, 2.24) is 0 Å². The fourth-order valence-corrected chi connectivity index (χ4v) is 8.69. The van der Waals surface area contributed by atoms with Crippen molar-refractivity contribution in [1.29, 1.82) is 0 Å². The van der Waals surface area contributed by atoms with E-state index in [1.807, 2.05) is 0 Å². The molecule has 0 spiro atoms. The minimum atomic E-state index is -0.783. The van der Waals surface area contributed by atoms with Gasteiger partial charge >= 0.3 is 17.9 Å². The summed E-state index contributed by atoms with van der Waals surface area (Å²) in [5.74, 6) is -0.891. The van der Waals surface area contributed by atoms with Gasteiger partial charge in [-0.15, -0.1) is 0 Å². The highest BCUT2D eigenvalue weighted by Gasteiger charge is 2.19. The SMILES string of the molecule is CC/C=C\C/C=C\C/C=C\C/C=C\C/C=C\CCCCCCCCCCCCCCCC(=O)OCC(COC(=O)CCCCCCC/C=C\CCCCC)OC(=O)CCCCCCC/C=C\CCCCCCC. The topological polar surface area (TPSA) is 78.9 Å². The lowest BCUT2D eigenvalue weighted by Crippen LogP contribution is -2.30. The molecule has 0 aliphatic carbocycles. The molecule has 0 aromatic carbocycles. The average Bonchev–Trinajstić information content (AvgIpc) is 3.39. The van der Waals surface area contributed by atoms with E-state index >= 15 is 0 Å². The molecule has 0 N–H and O–H groups in total. The Hall–Kier alpha value is -3.41. The lowest BCUT2D eigenvalue weighted by atomic mass is 10.0. The van der Waals surface area contributed by atoms with Crippen LogP contribution in [0.15, 0.2) is 85.1 Å². The van der Waals surface area contributed by atoms with Crippen LogP contribution in [0.2, 0.25) is 0 Å². The second-order valence-corrected chi connectivity index (χ2v) is 20.6. The van der Waals surface area contributed by atoms with E-state index in [1.54, 1.807) is 0 Å². The van der Waals surface area contributed by atoms with Gasteiger partial charge in [-0.05, 0) is 116 Å². The van der Waals surface area contributed by atoms with E-state index in [-0.39, 0.29) is 31.1 Å². The zero-order valence-electron chi connectivity index (χ0n) is 48.1. The summed E-state index contributed by atoms with van der Waals surface area (Å²) in [4.78, 5) is 38.2. The molecule has 0 fully saturated rings. The molecule has 6 heteroatoms. The summed E-state index contributed by atoms with van der Waals surface area (Å²) in [5.41, 5.74) is 0. The number of hydrogen-bond acceptors (Lipinski definition) is 6. The molecule has 6 nitrogen and oxygen atoms in total. The molecule has 1 atom stereocenters. The van der Waals surface area contributed by atoms with Gasteiger partial charge in [0.25, 0.3) is 0 Å². The first kappa shape index (κ1) is 69.6. The molecule has 0 amide bonds. The predicted molar refractivity (Wildman–Crippen MR) is 316 cm³/mol. The summed E-state index contributed by atoms with van der Waals surface area (Å²) in [6, 6.07) is 0. The fourth-order valence-electron chi connectivity index (χ4n) is 8.69. The molecule has 0 heterocycles. The third-order valence-corrected chi connectivity index (χ3v) is 13.4. The first-order valence-corrected chi connectivity index (χ1v) is 31.1. The number of unbranched alkanes of at least 4 members (excludes halogenated alkanes) is 31. The summed E-state index contributed by atoms with van der Waals surface area (Å²) < 4.78 is 16.9. The van der Waals surface area contributed by atoms with E-state index in [2.05, 4.69) is 106 Å². The molecule has 420 valence electrons. The average molecular weight is 1020 g/mol. The normalized spacial score (nSPS) is 12.6. The smallest absolute Gasteiger partial charge is 0.306 e. The minimum Gasteiger partial charge on any atom is -0.462 e. The van der Waals surface area contributed by atoms with Crippen LogP contribution in [-0.2, 0) is 28.6 Å². The van der Waals surface area contributed by atoms with Gasteiger partial charge in [0.05, 0.1) is 0 Å². The molecule has 0 aliphatic rings. The summed E-state index contributed by atoms with van der Waals surface area (Å²) in [6.07, 6.45) is 80.2. The number of ether oxygens (including phenoxy) is 3. The van der Waals surface area contributed by atoms with Gasteiger partial charge in [-0.3, -0.25) is 14.4 Å². The molecular weight excluding hydrogens is 901 g/mol. The van der Waals surface area contributed by atoms with Crippen molar-refractivity contribution in [2.45, 2.75) is 309 Å². The van der Waals surface area contributed by atoms with E-state index in [4.69, 9.17) is 14.2 Å². The first-order chi connectivity index (χ1) is 36.0. The molecule has 0 radical (unpaired) electrons. The zero-order valence-corrected chi connectivity index (χ0v) is 48.1. The van der Waals surface area contributed by atoms with Gasteiger partial charge in [0.2, 0.25) is 0 Å². The first-order valence-electron chi connectivity index (χ1n) is 31.1. The number of carbonyl (C=O) groups is 3. The van der Waals surface area contributed by atoms with Crippen LogP contribution in [0.5, 0.6) is 0 Å². The van der Waals surface area contributed by atoms with E-state index < -0.39 is 6.10 Å². The second kappa shape index (κ2) is 61.1. The van der Waals surface area contributed by atoms with E-state index in [9.17, 15) is 14.4 Å². The molecule has 0 saturated carbocycles. The van der Waals surface area contributed by atoms with E-state index in [0.29, 0.717) is 19.3 Å². The monoisotopic (exact) mass is 1020 g/mol. The van der Waals surface area contributed by atoms with Crippen LogP contribution in [0, 0.1) is 0 Å². The molecule has 0 rings (SSSR count). The highest BCUT2D eigenvalue weighted by atomic mass is 16.6. The maximum atomic E-state index is 12.8. The third kappa shape index (κ3) is 59.3. The van der Waals surface area contributed by atoms with Crippen LogP contribution in [-0.4, -0.2) is 37.2 Å². The lowest BCUT2D eigenvalue weighted by Gasteiger charge is -2.18. The zero-order chi connectivity index (χ0) is 52.9. The van der Waals surface area contributed by atoms with Crippen LogP contribution in [0.4, 0.5) is 0 Å². The summed E-state index contributed by atoms with van der Waals surface area (Å²) in [5, 5.41) is 0. The van der Waals surface area contributed by atoms with Crippen molar-refractivity contribution in [3.8, 4) is 0 Å². The van der Waals surface area contributed by atoms with Crippen molar-refractivity contribution in [3.05, 3.63) is 85.1 Å². The Morgan fingerprint density at radius 2 is 0.534 bits per heavy atom. The standard InChI is InChI=1S/C67H116O6/c1-4-7-10-13-16-19-22-25-27-28-29-30-31-32-33-34-35-36-37-38-39-40-41-43-45-48-51-54-57-60-66(69)72-63-64(62-71-65(68)59-56-53-50-47-44-24-21-18-15-12-9-6-3)73-67(70)61-58-55-52-49-46-42-26-23-20-17-14-11-8-5-2/h7,10,16,18-19,21,23,25-27,29-30,32-33,64H,4-6,8-9,11-15,17,20,22,24,28,31,34-63H2,1-3H3/b10-7-,19-16-,21-18-,26-23-,27-25-,30-29-,33-32-. The number of carbonyl (C=O) groups excluding carboxylic acids is 3. The Labute approximate surface area is 452 Å². The van der Waals surface area contributed by atoms with Gasteiger partial charge in [-0.1, -0.05) is 254 Å². The van der Waals surface area contributed by atoms with Gasteiger partial charge in [0.15, 0.2) is 6.10 Å². The highest BCUT2D eigenvalue weighted by Crippen LogP contribution is 2.16. The van der Waals surface area contributed by atoms with Gasteiger partial charge in [-0.25, -0.2) is 0 Å². The number of allylic oxidation sites excluding steroid dienone is 14. The highest BCUT2D eigenvalue weighted by molar-refractivity contribution is 5.71. The number of esters is 3. The van der Waals surface area contributed by atoms with Crippen molar-refractivity contribution in [3.63, 3.8) is 0 Å². The Balaban J connectivity index is 4.21. The lowest BCUT2D eigenvalue weighted by molar-refractivity contribution is -0.167. The van der Waals surface area contributed by atoms with Gasteiger partial charge in [0.1, 0.15) is 13.2 Å². The number of hydrogen-bond donors (Lipinski definition) is 0. The molecule has 0 bridgehead atoms. The Bertz CT molecular complexity index is 1400. The van der Waals surface area contributed by atoms with Crippen molar-refractivity contribution in [2.75, 3.05) is 13.2 Å². The van der Waals surface area contributed by atoms with Gasteiger partial charge < -0.3 is 14.2 Å². The Morgan fingerprint density at radius 3 is 0.877 bits per heavy atom. The van der Waals surface area contributed by atoms with Crippen LogP contribution in [0.3, 0.4) is 0 Å². The summed E-state index contributed by atoms with van der Waals surface area (Å²) >= 11 is 0. The second-order valence-electron chi connectivity index (χ2n) is 20.6. The third-order valence-electron chi connectivity index (χ3n) is 13.4. The number of rotatable bonds is 56. The quantitative estimate of drug-likeness (QED) is 0.0261. The van der Waals surface area contributed by atoms with E-state index in [1.165, 1.54) is 154 Å². The largest absolute Gasteiger partial charge is 0.462 e. The molecule has 0 aromatic rings.